The Morgan fingerprint density at radius 3 is 1.73 bits per heavy atom. The predicted octanol–water partition coefficient (Wildman–Crippen LogP) is 0.433. The molecule has 0 spiro atoms. The molecule has 0 aliphatic carbocycles. The van der Waals surface area contributed by atoms with E-state index in [9.17, 15) is 0 Å². The van der Waals surface area contributed by atoms with E-state index in [0.29, 0.717) is 0 Å². The molecule has 5 heteroatoms. The SMILES string of the molecule is CCO[SiH2]CCCNCCC[SiH2]OCC. The molecule has 0 rings (SSSR count). The second-order valence-corrected chi connectivity index (χ2v) is 6.61. The van der Waals surface area contributed by atoms with E-state index in [1.54, 1.807) is 0 Å². The quantitative estimate of drug-likeness (QED) is 0.402. The molecule has 0 aliphatic heterocycles. The van der Waals surface area contributed by atoms with Crippen molar-refractivity contribution in [2.75, 3.05) is 26.3 Å². The van der Waals surface area contributed by atoms with Gasteiger partial charge in [-0.1, -0.05) is 0 Å². The van der Waals surface area contributed by atoms with Gasteiger partial charge in [0.1, 0.15) is 0 Å². The van der Waals surface area contributed by atoms with Gasteiger partial charge in [0.25, 0.3) is 0 Å². The minimum atomic E-state index is -0.193. The molecule has 92 valence electrons. The standard InChI is InChI=1S/C10H27NO2Si2/c1-3-12-14-9-5-7-11-8-6-10-15-13-4-2/h11H,3-10,14-15H2,1-2H3. The molecule has 0 aliphatic rings. The van der Waals surface area contributed by atoms with Gasteiger partial charge in [-0.2, -0.15) is 0 Å². The first-order valence-corrected chi connectivity index (χ1v) is 9.43. The Bertz CT molecular complexity index is 106. The van der Waals surface area contributed by atoms with Crippen molar-refractivity contribution >= 4 is 19.5 Å². The molecule has 0 aromatic carbocycles. The monoisotopic (exact) mass is 249 g/mol. The molecule has 0 amide bonds. The fourth-order valence-electron chi connectivity index (χ4n) is 1.32. The van der Waals surface area contributed by atoms with Crippen molar-refractivity contribution in [2.45, 2.75) is 38.8 Å². The van der Waals surface area contributed by atoms with E-state index < -0.39 is 0 Å². The van der Waals surface area contributed by atoms with E-state index in [2.05, 4.69) is 19.2 Å². The van der Waals surface area contributed by atoms with Gasteiger partial charge in [0.2, 0.25) is 0 Å². The van der Waals surface area contributed by atoms with Crippen molar-refractivity contribution in [3.63, 3.8) is 0 Å². The summed E-state index contributed by atoms with van der Waals surface area (Å²) in [6.07, 6.45) is 2.57. The zero-order valence-electron chi connectivity index (χ0n) is 10.4. The molecular formula is C10H27NO2Si2. The third-order valence-electron chi connectivity index (χ3n) is 2.19. The van der Waals surface area contributed by atoms with Crippen molar-refractivity contribution in [1.29, 1.82) is 0 Å². The number of hydrogen-bond donors (Lipinski definition) is 1. The third kappa shape index (κ3) is 14.3. The van der Waals surface area contributed by atoms with Crippen molar-refractivity contribution in [3.8, 4) is 0 Å². The number of rotatable bonds is 12. The van der Waals surface area contributed by atoms with Crippen LogP contribution in [0.4, 0.5) is 0 Å². The highest BCUT2D eigenvalue weighted by Crippen LogP contribution is 1.90. The molecule has 0 heterocycles. The lowest BCUT2D eigenvalue weighted by molar-refractivity contribution is 0.358. The molecule has 0 saturated heterocycles. The fraction of sp³-hybridized carbons (Fsp3) is 1.00. The smallest absolute Gasteiger partial charge is 0.161 e. The lowest BCUT2D eigenvalue weighted by Gasteiger charge is -2.04. The molecule has 15 heavy (non-hydrogen) atoms. The highest BCUT2D eigenvalue weighted by atomic mass is 28.2. The summed E-state index contributed by atoms with van der Waals surface area (Å²) >= 11 is 0. The van der Waals surface area contributed by atoms with E-state index >= 15 is 0 Å². The van der Waals surface area contributed by atoms with Crippen LogP contribution in [0.25, 0.3) is 0 Å². The van der Waals surface area contributed by atoms with Crippen molar-refractivity contribution in [2.24, 2.45) is 0 Å². The maximum absolute atomic E-state index is 5.41. The average molecular weight is 250 g/mol. The van der Waals surface area contributed by atoms with Crippen LogP contribution < -0.4 is 5.32 Å². The molecular weight excluding hydrogens is 222 g/mol. The van der Waals surface area contributed by atoms with Crippen molar-refractivity contribution in [3.05, 3.63) is 0 Å². The summed E-state index contributed by atoms with van der Waals surface area (Å²) in [5.74, 6) is 0. The van der Waals surface area contributed by atoms with Crippen LogP contribution in [0, 0.1) is 0 Å². The second kappa shape index (κ2) is 14.3. The molecule has 1 N–H and O–H groups in total. The van der Waals surface area contributed by atoms with Gasteiger partial charge in [-0.25, -0.2) is 0 Å². The van der Waals surface area contributed by atoms with Crippen LogP contribution in [0.15, 0.2) is 0 Å². The second-order valence-electron chi connectivity index (χ2n) is 3.56. The van der Waals surface area contributed by atoms with E-state index in [1.165, 1.54) is 24.9 Å². The van der Waals surface area contributed by atoms with Crippen LogP contribution in [0.2, 0.25) is 12.1 Å². The Morgan fingerprint density at radius 1 is 0.867 bits per heavy atom. The van der Waals surface area contributed by atoms with Gasteiger partial charge in [0.15, 0.2) is 19.5 Å². The van der Waals surface area contributed by atoms with E-state index in [4.69, 9.17) is 8.85 Å². The first-order valence-electron chi connectivity index (χ1n) is 6.28. The Labute approximate surface area is 99.2 Å². The average Bonchev–Trinajstić information content (AvgIpc) is 2.26. The van der Waals surface area contributed by atoms with Crippen LogP contribution in [-0.2, 0) is 8.85 Å². The zero-order chi connectivity index (χ0) is 11.2. The molecule has 0 atom stereocenters. The topological polar surface area (TPSA) is 30.5 Å². The zero-order valence-corrected chi connectivity index (χ0v) is 13.2. The maximum Gasteiger partial charge on any atom is 0.161 e. The van der Waals surface area contributed by atoms with Gasteiger partial charge in [0, 0.05) is 13.2 Å². The van der Waals surface area contributed by atoms with Gasteiger partial charge in [0.05, 0.1) is 0 Å². The molecule has 0 unspecified atom stereocenters. The maximum atomic E-state index is 5.41. The summed E-state index contributed by atoms with van der Waals surface area (Å²) in [5, 5.41) is 3.47. The van der Waals surface area contributed by atoms with Gasteiger partial charge in [-0.05, 0) is 51.9 Å². The van der Waals surface area contributed by atoms with Gasteiger partial charge >= 0.3 is 0 Å². The normalized spacial score (nSPS) is 12.4. The first kappa shape index (κ1) is 15.3. The molecule has 0 radical (unpaired) electrons. The first-order chi connectivity index (χ1) is 7.41. The lowest BCUT2D eigenvalue weighted by Crippen LogP contribution is -2.17. The number of hydrogen-bond acceptors (Lipinski definition) is 3. The Kier molecular flexibility index (Phi) is 14.6. The van der Waals surface area contributed by atoms with Crippen LogP contribution in [-0.4, -0.2) is 45.8 Å². The molecule has 3 nitrogen and oxygen atoms in total. The van der Waals surface area contributed by atoms with Gasteiger partial charge < -0.3 is 14.2 Å². The summed E-state index contributed by atoms with van der Waals surface area (Å²) in [5.41, 5.74) is 0. The summed E-state index contributed by atoms with van der Waals surface area (Å²) in [4.78, 5) is 0. The fourth-order valence-corrected chi connectivity index (χ4v) is 3.22. The van der Waals surface area contributed by atoms with Gasteiger partial charge in [-0.15, -0.1) is 0 Å². The van der Waals surface area contributed by atoms with Crippen LogP contribution in [0.5, 0.6) is 0 Å². The predicted molar refractivity (Wildman–Crippen MR) is 72.1 cm³/mol. The molecule has 0 aromatic rings. The summed E-state index contributed by atoms with van der Waals surface area (Å²) in [6.45, 7) is 8.29. The Morgan fingerprint density at radius 2 is 1.33 bits per heavy atom. The van der Waals surface area contributed by atoms with E-state index in [1.807, 2.05) is 0 Å². The summed E-state index contributed by atoms with van der Waals surface area (Å²) < 4.78 is 10.8. The van der Waals surface area contributed by atoms with Crippen LogP contribution in [0.1, 0.15) is 26.7 Å². The minimum Gasteiger partial charge on any atom is -0.424 e. The Balaban J connectivity index is 2.81. The van der Waals surface area contributed by atoms with Crippen molar-refractivity contribution < 1.29 is 8.85 Å². The summed E-state index contributed by atoms with van der Waals surface area (Å²) in [6, 6.07) is 2.63. The molecule has 0 bridgehead atoms. The van der Waals surface area contributed by atoms with Gasteiger partial charge in [-0.3, -0.25) is 0 Å². The lowest BCUT2D eigenvalue weighted by atomic mass is 10.4. The molecule has 0 saturated carbocycles. The highest BCUT2D eigenvalue weighted by molar-refractivity contribution is 6.27. The third-order valence-corrected chi connectivity index (χ3v) is 5.16. The largest absolute Gasteiger partial charge is 0.424 e. The minimum absolute atomic E-state index is 0.193. The van der Waals surface area contributed by atoms with E-state index in [0.717, 1.165) is 26.3 Å². The van der Waals surface area contributed by atoms with Crippen molar-refractivity contribution in [1.82, 2.24) is 5.32 Å². The van der Waals surface area contributed by atoms with E-state index in [-0.39, 0.29) is 19.5 Å². The molecule has 0 fully saturated rings. The number of nitrogens with one attached hydrogen (secondary N) is 1. The summed E-state index contributed by atoms with van der Waals surface area (Å²) in [7, 11) is -0.385. The highest BCUT2D eigenvalue weighted by Gasteiger charge is 1.91. The van der Waals surface area contributed by atoms with Crippen LogP contribution >= 0.6 is 0 Å². The Hall–Kier alpha value is 0.314. The molecule has 0 aromatic heterocycles. The van der Waals surface area contributed by atoms with Crippen LogP contribution in [0.3, 0.4) is 0 Å².